The second kappa shape index (κ2) is 15.7. The zero-order chi connectivity index (χ0) is 40.4. The third-order valence-electron chi connectivity index (χ3n) is 9.59. The van der Waals surface area contributed by atoms with E-state index >= 15 is 0 Å². The van der Waals surface area contributed by atoms with Gasteiger partial charge in [-0.1, -0.05) is 67.9 Å². The molecule has 4 aromatic carbocycles. The number of aromatic nitrogens is 3. The van der Waals surface area contributed by atoms with Crippen LogP contribution in [-0.2, 0) is 21.5 Å². The van der Waals surface area contributed by atoms with Crippen molar-refractivity contribution >= 4 is 52.6 Å². The van der Waals surface area contributed by atoms with Gasteiger partial charge in [-0.05, 0) is 101 Å². The highest BCUT2D eigenvalue weighted by Gasteiger charge is 2.45. The standard InChI is InChI=1S/C41H38ClF3N8O4/c1-39(2,22-47-34(55)35(56)48-30-15-16-32-26(20-30)19-25-5-3-4-6-31(25)32)21-46-33(54)24-7-13-29(14-8-24)49-36-50-37(52-38(51-36)57-23-41(43,44)45)53-40(17-18-40)27-9-11-28(42)12-10-27/h3-16,20H,17-19,21-23H2,1-2H3,(H,46,54)(H,47,55)(H,48,56)(H2,49,50,51,52,53). The van der Waals surface area contributed by atoms with Crippen molar-refractivity contribution in [2.24, 2.45) is 5.41 Å². The molecule has 0 aliphatic heterocycles. The summed E-state index contributed by atoms with van der Waals surface area (Å²) in [6, 6.07) is 26.7. The van der Waals surface area contributed by atoms with E-state index in [-0.39, 0.29) is 30.9 Å². The van der Waals surface area contributed by atoms with Gasteiger partial charge in [0.2, 0.25) is 11.9 Å². The van der Waals surface area contributed by atoms with Gasteiger partial charge in [-0.15, -0.1) is 0 Å². The van der Waals surface area contributed by atoms with Gasteiger partial charge in [-0.25, -0.2) is 0 Å². The molecule has 0 radical (unpaired) electrons. The maximum absolute atomic E-state index is 13.0. The van der Waals surface area contributed by atoms with Crippen LogP contribution in [0.4, 0.5) is 36.4 Å². The third kappa shape index (κ3) is 9.78. The number of hydrogen-bond donors (Lipinski definition) is 5. The maximum Gasteiger partial charge on any atom is 0.422 e. The number of carbonyl (C=O) groups is 3. The Hall–Kier alpha value is -6.22. The molecule has 5 aromatic rings. The van der Waals surface area contributed by atoms with Gasteiger partial charge in [-0.3, -0.25) is 14.4 Å². The van der Waals surface area contributed by atoms with Crippen LogP contribution in [0.5, 0.6) is 6.01 Å². The van der Waals surface area contributed by atoms with E-state index < -0.39 is 41.6 Å². The number of carbonyl (C=O) groups excluding carboxylic acids is 3. The number of fused-ring (bicyclic) bond motifs is 3. The van der Waals surface area contributed by atoms with Crippen molar-refractivity contribution in [1.29, 1.82) is 0 Å². The highest BCUT2D eigenvalue weighted by Crippen LogP contribution is 2.48. The fourth-order valence-electron chi connectivity index (χ4n) is 6.40. The van der Waals surface area contributed by atoms with E-state index in [1.54, 1.807) is 42.5 Å². The van der Waals surface area contributed by atoms with Crippen LogP contribution < -0.4 is 31.3 Å². The van der Waals surface area contributed by atoms with Crippen LogP contribution in [-0.4, -0.2) is 58.5 Å². The van der Waals surface area contributed by atoms with Gasteiger partial charge in [-0.2, -0.15) is 28.1 Å². The lowest BCUT2D eigenvalue weighted by Gasteiger charge is -2.25. The molecule has 0 atom stereocenters. The van der Waals surface area contributed by atoms with Gasteiger partial charge in [0.15, 0.2) is 6.61 Å². The molecule has 7 rings (SSSR count). The molecule has 1 heterocycles. The first-order chi connectivity index (χ1) is 27.1. The normalized spacial score (nSPS) is 13.8. The SMILES string of the molecule is CC(C)(CNC(=O)C(=O)Nc1ccc2c(c1)Cc1ccccc1-2)CNC(=O)c1ccc(Nc2nc(NC3(c4ccc(Cl)cc4)CC3)nc(OCC(F)(F)F)n2)cc1. The number of hydrogen-bond acceptors (Lipinski definition) is 9. The Morgan fingerprint density at radius 3 is 2.16 bits per heavy atom. The van der Waals surface area contributed by atoms with E-state index in [2.05, 4.69) is 53.7 Å². The van der Waals surface area contributed by atoms with Gasteiger partial charge < -0.3 is 31.3 Å². The maximum atomic E-state index is 13.0. The van der Waals surface area contributed by atoms with Gasteiger partial charge in [0.25, 0.3) is 5.91 Å². The first-order valence-corrected chi connectivity index (χ1v) is 18.5. The average molecular weight is 799 g/mol. The van der Waals surface area contributed by atoms with Crippen LogP contribution in [0, 0.1) is 5.41 Å². The molecule has 3 amide bonds. The summed E-state index contributed by atoms with van der Waals surface area (Å²) in [5.41, 5.74) is 5.64. The quantitative estimate of drug-likeness (QED) is 0.0751. The fourth-order valence-corrected chi connectivity index (χ4v) is 6.53. The van der Waals surface area contributed by atoms with Crippen molar-refractivity contribution in [3.63, 3.8) is 0 Å². The van der Waals surface area contributed by atoms with Crippen molar-refractivity contribution in [2.75, 3.05) is 35.6 Å². The summed E-state index contributed by atoms with van der Waals surface area (Å²) in [5.74, 6) is -2.04. The number of nitrogens with one attached hydrogen (secondary N) is 5. The highest BCUT2D eigenvalue weighted by molar-refractivity contribution is 6.39. The largest absolute Gasteiger partial charge is 0.454 e. The zero-order valence-corrected chi connectivity index (χ0v) is 31.6. The molecule has 0 saturated heterocycles. The lowest BCUT2D eigenvalue weighted by molar-refractivity contribution is -0.154. The van der Waals surface area contributed by atoms with Crippen LogP contribution in [0.2, 0.25) is 5.02 Å². The monoisotopic (exact) mass is 798 g/mol. The Morgan fingerprint density at radius 1 is 0.772 bits per heavy atom. The van der Waals surface area contributed by atoms with Gasteiger partial charge >= 0.3 is 24.0 Å². The number of anilines is 4. The van der Waals surface area contributed by atoms with Crippen molar-refractivity contribution in [1.82, 2.24) is 25.6 Å². The minimum atomic E-state index is -4.61. The number of amides is 3. The number of ether oxygens (including phenoxy) is 1. The molecule has 2 aliphatic carbocycles. The number of rotatable bonds is 13. The second-order valence-corrected chi connectivity index (χ2v) is 15.2. The molecule has 0 bridgehead atoms. The van der Waals surface area contributed by atoms with Crippen LogP contribution in [0.1, 0.15) is 53.7 Å². The fraction of sp³-hybridized carbons (Fsp3) is 0.268. The predicted octanol–water partition coefficient (Wildman–Crippen LogP) is 7.39. The molecule has 57 heavy (non-hydrogen) atoms. The number of nitrogens with zero attached hydrogens (tertiary/aromatic N) is 3. The lowest BCUT2D eigenvalue weighted by Crippen LogP contribution is -2.44. The average Bonchev–Trinajstić information content (AvgIpc) is 3.86. The zero-order valence-electron chi connectivity index (χ0n) is 30.9. The molecule has 1 aromatic heterocycles. The van der Waals surface area contributed by atoms with Crippen LogP contribution >= 0.6 is 11.6 Å². The van der Waals surface area contributed by atoms with E-state index in [4.69, 9.17) is 16.3 Å². The van der Waals surface area contributed by atoms with Gasteiger partial charge in [0.1, 0.15) is 0 Å². The van der Waals surface area contributed by atoms with Gasteiger partial charge in [0.05, 0.1) is 5.54 Å². The first-order valence-electron chi connectivity index (χ1n) is 18.1. The molecule has 12 nitrogen and oxygen atoms in total. The molecule has 16 heteroatoms. The first kappa shape index (κ1) is 39.0. The molecule has 0 unspecified atom stereocenters. The molecule has 2 aliphatic rings. The van der Waals surface area contributed by atoms with Crippen molar-refractivity contribution < 1.29 is 32.3 Å². The Bertz CT molecular complexity index is 2320. The van der Waals surface area contributed by atoms with E-state index in [0.717, 1.165) is 36.0 Å². The van der Waals surface area contributed by atoms with Crippen molar-refractivity contribution in [3.05, 3.63) is 118 Å². The molecule has 0 spiro atoms. The minimum Gasteiger partial charge on any atom is -0.454 e. The van der Waals surface area contributed by atoms with Gasteiger partial charge in [0, 0.05) is 35.1 Å². The minimum absolute atomic E-state index is 0.0123. The van der Waals surface area contributed by atoms with E-state index in [1.165, 1.54) is 11.1 Å². The summed E-state index contributed by atoms with van der Waals surface area (Å²) in [6.45, 7) is 2.37. The van der Waals surface area contributed by atoms with E-state index in [0.29, 0.717) is 22.0 Å². The van der Waals surface area contributed by atoms with Crippen LogP contribution in [0.3, 0.4) is 0 Å². The van der Waals surface area contributed by atoms with Crippen LogP contribution in [0.25, 0.3) is 11.1 Å². The summed E-state index contributed by atoms with van der Waals surface area (Å²) in [7, 11) is 0. The Morgan fingerprint density at radius 2 is 1.44 bits per heavy atom. The Balaban J connectivity index is 0.915. The summed E-state index contributed by atoms with van der Waals surface area (Å²) in [4.78, 5) is 50.9. The number of alkyl halides is 3. The molecule has 1 saturated carbocycles. The molecular formula is C41H38ClF3N8O4. The second-order valence-electron chi connectivity index (χ2n) is 14.8. The third-order valence-corrected chi connectivity index (χ3v) is 9.85. The van der Waals surface area contributed by atoms with Crippen molar-refractivity contribution in [2.45, 2.75) is 44.8 Å². The molecule has 1 fully saturated rings. The van der Waals surface area contributed by atoms with Crippen LogP contribution in [0.15, 0.2) is 91.0 Å². The number of halogens is 4. The summed E-state index contributed by atoms with van der Waals surface area (Å²) >= 11 is 6.05. The van der Waals surface area contributed by atoms with Crippen molar-refractivity contribution in [3.8, 4) is 17.1 Å². The highest BCUT2D eigenvalue weighted by atomic mass is 35.5. The molecular weight excluding hydrogens is 761 g/mol. The van der Waals surface area contributed by atoms with E-state index in [9.17, 15) is 27.6 Å². The Labute approximate surface area is 331 Å². The summed E-state index contributed by atoms with van der Waals surface area (Å²) in [6.07, 6.45) is -2.38. The molecule has 294 valence electrons. The summed E-state index contributed by atoms with van der Waals surface area (Å²) < 4.78 is 43.8. The van der Waals surface area contributed by atoms with E-state index in [1.807, 2.05) is 50.2 Å². The lowest BCUT2D eigenvalue weighted by atomic mass is 9.93. The summed E-state index contributed by atoms with van der Waals surface area (Å²) in [5, 5.41) is 14.9. The predicted molar refractivity (Wildman–Crippen MR) is 210 cm³/mol. The molecule has 5 N–H and O–H groups in total. The Kier molecular flexibility index (Phi) is 10.8. The number of benzene rings is 4. The smallest absolute Gasteiger partial charge is 0.422 e. The topological polar surface area (TPSA) is 159 Å².